The van der Waals surface area contributed by atoms with E-state index in [0.29, 0.717) is 30.0 Å². The molecule has 1 aromatic heterocycles. The number of nitrogens with zero attached hydrogens (tertiary/aromatic N) is 1. The van der Waals surface area contributed by atoms with Crippen molar-refractivity contribution in [3.63, 3.8) is 0 Å². The topological polar surface area (TPSA) is 109 Å². The number of thiazole rings is 1. The lowest BCUT2D eigenvalue weighted by Gasteiger charge is -2.36. The molecule has 9 heteroatoms. The van der Waals surface area contributed by atoms with Crippen LogP contribution < -0.4 is 0 Å². The number of Topliss-reactive ketones (excluding diaryl/α,β-unsaturated/α-hetero) is 1. The maximum Gasteiger partial charge on any atom is 0.309 e. The summed E-state index contributed by atoms with van der Waals surface area (Å²) in [6.45, 7) is 12.9. The number of carbonyl (C=O) groups is 2. The van der Waals surface area contributed by atoms with Crippen LogP contribution in [0.1, 0.15) is 83.3 Å². The van der Waals surface area contributed by atoms with Crippen LogP contribution in [-0.4, -0.2) is 57.0 Å². The van der Waals surface area contributed by atoms with E-state index in [9.17, 15) is 19.8 Å². The summed E-state index contributed by atoms with van der Waals surface area (Å²) in [6.07, 6.45) is 3.66. The van der Waals surface area contributed by atoms with Gasteiger partial charge in [-0.15, -0.1) is 17.9 Å². The quantitative estimate of drug-likeness (QED) is 0.271. The Hall–Kier alpha value is -1.58. The van der Waals surface area contributed by atoms with Gasteiger partial charge < -0.3 is 19.7 Å². The monoisotopic (exact) mass is 567 g/mol. The number of hydrogen-bond acceptors (Lipinski definition) is 8. The molecule has 0 spiro atoms. The zero-order valence-electron chi connectivity index (χ0n) is 23.1. The number of cyclic esters (lactones) is 1. The summed E-state index contributed by atoms with van der Waals surface area (Å²) < 4.78 is 11.8. The van der Waals surface area contributed by atoms with Crippen molar-refractivity contribution in [2.24, 2.45) is 17.3 Å². The highest BCUT2D eigenvalue weighted by Crippen LogP contribution is 2.45. The summed E-state index contributed by atoms with van der Waals surface area (Å²) in [5.74, 6) is -1.72. The third-order valence-electron chi connectivity index (χ3n) is 8.14. The summed E-state index contributed by atoms with van der Waals surface area (Å²) >= 11 is 8.15. The van der Waals surface area contributed by atoms with Crippen molar-refractivity contribution < 1.29 is 29.3 Å². The van der Waals surface area contributed by atoms with Crippen LogP contribution in [0.3, 0.4) is 0 Å². The largest absolute Gasteiger partial charge is 0.456 e. The molecule has 3 heterocycles. The third kappa shape index (κ3) is 7.54. The second-order valence-electron chi connectivity index (χ2n) is 11.6. The molecule has 2 aliphatic rings. The van der Waals surface area contributed by atoms with Crippen LogP contribution in [-0.2, 0) is 19.1 Å². The molecule has 2 fully saturated rings. The number of halogens is 1. The van der Waals surface area contributed by atoms with Crippen molar-refractivity contribution in [3.8, 4) is 0 Å². The van der Waals surface area contributed by atoms with E-state index in [0.717, 1.165) is 24.3 Å². The van der Waals surface area contributed by atoms with Gasteiger partial charge in [0.05, 0.1) is 51.5 Å². The molecule has 0 radical (unpaired) electrons. The van der Waals surface area contributed by atoms with Gasteiger partial charge in [-0.3, -0.25) is 9.59 Å². The van der Waals surface area contributed by atoms with Crippen molar-refractivity contribution in [3.05, 3.63) is 33.8 Å². The second-order valence-corrected chi connectivity index (χ2v) is 13.1. The Morgan fingerprint density at radius 2 is 2.03 bits per heavy atom. The molecule has 2 unspecified atom stereocenters. The van der Waals surface area contributed by atoms with E-state index >= 15 is 0 Å². The summed E-state index contributed by atoms with van der Waals surface area (Å²) in [6, 6.07) is 0. The normalized spacial score (nSPS) is 35.3. The van der Waals surface area contributed by atoms with Crippen LogP contribution in [0, 0.1) is 24.2 Å². The Kier molecular flexibility index (Phi) is 10.4. The first-order valence-corrected chi connectivity index (χ1v) is 14.7. The molecule has 0 bridgehead atoms. The molecule has 2 aliphatic heterocycles. The molecule has 2 N–H and O–H groups in total. The summed E-state index contributed by atoms with van der Waals surface area (Å²) in [5, 5.41) is 25.3. The second kappa shape index (κ2) is 12.7. The summed E-state index contributed by atoms with van der Waals surface area (Å²) in [5.41, 5.74) is -0.959. The first kappa shape index (κ1) is 31.0. The number of esters is 1. The minimum atomic E-state index is -1.30. The number of aliphatic hydroxyl groups is 2. The molecule has 0 saturated carbocycles. The number of ketones is 1. The molecule has 7 nitrogen and oxygen atoms in total. The number of fused-ring (bicyclic) bond motifs is 1. The average Bonchev–Trinajstić information content (AvgIpc) is 3.29. The molecule has 0 amide bonds. The van der Waals surface area contributed by atoms with Crippen molar-refractivity contribution in [1.29, 1.82) is 0 Å². The fourth-order valence-corrected chi connectivity index (χ4v) is 6.07. The van der Waals surface area contributed by atoms with Crippen LogP contribution in [0.2, 0.25) is 0 Å². The van der Waals surface area contributed by atoms with Gasteiger partial charge in [0.2, 0.25) is 0 Å². The standard InChI is InChI=1S/C29H42ClNO6S/c1-7-8-11-20-26(34)17(2)10-9-12-29(6)24(37-29)14-22(21(30)13-19-16-38-18(3)31-19)36-25(33)15-23(32)28(4,5)27(20)35/h7,13,16-17,20,22-24,26,32,34H,1,8-12,14-15H2,2-6H3/t17-,20+,22-,23-,24?,26+,29?/m0/s1. The zero-order valence-corrected chi connectivity index (χ0v) is 24.7. The van der Waals surface area contributed by atoms with E-state index in [1.54, 1.807) is 26.0 Å². The zero-order chi connectivity index (χ0) is 28.3. The SMILES string of the molecule is C=CCC[C@H]1C(=O)C(C)(C)[C@@H](O)CC(=O)O[C@H](C(Cl)=Cc2csc(C)n2)CC2OC2(C)CCC[C@H](C)[C@H]1O. The highest BCUT2D eigenvalue weighted by molar-refractivity contribution is 7.09. The van der Waals surface area contributed by atoms with Gasteiger partial charge in [-0.05, 0) is 51.5 Å². The van der Waals surface area contributed by atoms with E-state index in [1.165, 1.54) is 11.3 Å². The van der Waals surface area contributed by atoms with E-state index < -0.39 is 35.6 Å². The Morgan fingerprint density at radius 3 is 2.66 bits per heavy atom. The van der Waals surface area contributed by atoms with Crippen molar-refractivity contribution in [1.82, 2.24) is 4.98 Å². The van der Waals surface area contributed by atoms with Crippen molar-refractivity contribution in [2.75, 3.05) is 0 Å². The molecule has 7 atom stereocenters. The first-order chi connectivity index (χ1) is 17.8. The maximum absolute atomic E-state index is 13.7. The average molecular weight is 568 g/mol. The smallest absolute Gasteiger partial charge is 0.309 e. The highest BCUT2D eigenvalue weighted by Gasteiger charge is 2.53. The molecule has 3 rings (SSSR count). The highest BCUT2D eigenvalue weighted by atomic mass is 35.5. The predicted molar refractivity (Wildman–Crippen MR) is 150 cm³/mol. The lowest BCUT2D eigenvalue weighted by Crippen LogP contribution is -2.46. The minimum Gasteiger partial charge on any atom is -0.456 e. The van der Waals surface area contributed by atoms with Gasteiger partial charge in [0.15, 0.2) is 0 Å². The molecule has 212 valence electrons. The van der Waals surface area contributed by atoms with E-state index in [1.807, 2.05) is 26.2 Å². The summed E-state index contributed by atoms with van der Waals surface area (Å²) in [4.78, 5) is 31.1. The van der Waals surface area contributed by atoms with Gasteiger partial charge in [0.25, 0.3) is 0 Å². The molecular formula is C29H42ClNO6S. The number of ether oxygens (including phenoxy) is 2. The number of aromatic nitrogens is 1. The van der Waals surface area contributed by atoms with Crippen molar-refractivity contribution >= 4 is 40.8 Å². The first-order valence-electron chi connectivity index (χ1n) is 13.5. The van der Waals surface area contributed by atoms with Gasteiger partial charge in [0, 0.05) is 17.7 Å². The van der Waals surface area contributed by atoms with Gasteiger partial charge >= 0.3 is 5.97 Å². The van der Waals surface area contributed by atoms with Gasteiger partial charge in [-0.2, -0.15) is 0 Å². The van der Waals surface area contributed by atoms with Crippen LogP contribution in [0.4, 0.5) is 0 Å². The lowest BCUT2D eigenvalue weighted by atomic mass is 9.71. The predicted octanol–water partition coefficient (Wildman–Crippen LogP) is 5.60. The Labute approximate surface area is 235 Å². The number of hydrogen-bond donors (Lipinski definition) is 2. The number of rotatable bonds is 5. The Balaban J connectivity index is 1.88. The van der Waals surface area contributed by atoms with Crippen LogP contribution >= 0.6 is 22.9 Å². The van der Waals surface area contributed by atoms with E-state index in [4.69, 9.17) is 21.1 Å². The van der Waals surface area contributed by atoms with Crippen molar-refractivity contribution in [2.45, 2.75) is 110 Å². The maximum atomic E-state index is 13.7. The number of aliphatic hydroxyl groups excluding tert-OH is 2. The van der Waals surface area contributed by atoms with Gasteiger partial charge in [-0.1, -0.05) is 44.9 Å². The van der Waals surface area contributed by atoms with Crippen LogP contribution in [0.25, 0.3) is 6.08 Å². The number of aryl methyl sites for hydroxylation is 1. The summed E-state index contributed by atoms with van der Waals surface area (Å²) in [7, 11) is 0. The number of allylic oxidation sites excluding steroid dienone is 1. The fraction of sp³-hybridized carbons (Fsp3) is 0.690. The fourth-order valence-electron chi connectivity index (χ4n) is 5.26. The molecule has 2 saturated heterocycles. The molecule has 38 heavy (non-hydrogen) atoms. The van der Waals surface area contributed by atoms with Gasteiger partial charge in [-0.25, -0.2) is 4.98 Å². The van der Waals surface area contributed by atoms with E-state index in [2.05, 4.69) is 11.6 Å². The van der Waals surface area contributed by atoms with Crippen LogP contribution in [0.5, 0.6) is 0 Å². The molecule has 0 aromatic carbocycles. The molecular weight excluding hydrogens is 526 g/mol. The molecule has 0 aliphatic carbocycles. The minimum absolute atomic E-state index is 0.118. The Bertz CT molecular complexity index is 1040. The number of epoxide rings is 1. The molecule has 1 aromatic rings. The van der Waals surface area contributed by atoms with E-state index in [-0.39, 0.29) is 29.8 Å². The van der Waals surface area contributed by atoms with Crippen LogP contribution in [0.15, 0.2) is 23.1 Å². The third-order valence-corrected chi connectivity index (χ3v) is 9.29. The number of carbonyl (C=O) groups excluding carboxylic acids is 2. The lowest BCUT2D eigenvalue weighted by molar-refractivity contribution is -0.154. The van der Waals surface area contributed by atoms with Gasteiger partial charge in [0.1, 0.15) is 11.9 Å². The Morgan fingerprint density at radius 1 is 1.32 bits per heavy atom.